The number of nitrogens with two attached hydrogens (primary N) is 2. The van der Waals surface area contributed by atoms with E-state index in [1.807, 2.05) is 0 Å². The lowest BCUT2D eigenvalue weighted by Crippen LogP contribution is -2.51. The average molecular weight is 558 g/mol. The van der Waals surface area contributed by atoms with Gasteiger partial charge in [0, 0.05) is 17.3 Å². The topological polar surface area (TPSA) is 158 Å². The maximum atomic E-state index is 14.5. The molecule has 6 N–H and O–H groups in total. The first-order chi connectivity index (χ1) is 18.7. The number of amides is 2. The average Bonchev–Trinajstić information content (AvgIpc) is 3.45. The summed E-state index contributed by atoms with van der Waals surface area (Å²) in [5, 5.41) is 13.2. The van der Waals surface area contributed by atoms with Crippen LogP contribution in [0, 0.1) is 5.82 Å². The van der Waals surface area contributed by atoms with Crippen LogP contribution in [0.25, 0.3) is 16.9 Å². The lowest BCUT2D eigenvalue weighted by molar-refractivity contribution is -0.265. The number of rotatable bonds is 6. The number of nitrogen functional groups attached to an aromatic ring is 1. The number of imidazole rings is 1. The molecule has 4 aromatic rings. The highest BCUT2D eigenvalue weighted by molar-refractivity contribution is 5.94. The van der Waals surface area contributed by atoms with Crippen LogP contribution in [0.3, 0.4) is 0 Å². The molecule has 2 amide bonds. The number of alkyl halides is 3. The fourth-order valence-electron chi connectivity index (χ4n) is 4.39. The number of anilines is 1. The molecule has 1 aliphatic rings. The number of aromatic nitrogens is 3. The predicted octanol–water partition coefficient (Wildman–Crippen LogP) is 2.43. The van der Waals surface area contributed by atoms with Gasteiger partial charge < -0.3 is 31.0 Å². The molecule has 5 rings (SSSR count). The van der Waals surface area contributed by atoms with Crippen molar-refractivity contribution in [2.45, 2.75) is 24.1 Å². The van der Waals surface area contributed by atoms with Crippen LogP contribution in [0.15, 0.2) is 54.9 Å². The monoisotopic (exact) mass is 558 g/mol. The molecular weight excluding hydrogens is 536 g/mol. The van der Waals surface area contributed by atoms with Crippen molar-refractivity contribution in [2.75, 3.05) is 18.9 Å². The normalized spacial score (nSPS) is 18.1. The second-order valence-corrected chi connectivity index (χ2v) is 9.61. The number of benzene rings is 1. The number of halogens is 4. The molecule has 0 saturated heterocycles. The molecule has 0 radical (unpaired) electrons. The smallest absolute Gasteiger partial charge is 0.424 e. The van der Waals surface area contributed by atoms with Crippen molar-refractivity contribution in [3.8, 4) is 17.0 Å². The first-order valence-electron chi connectivity index (χ1n) is 11.8. The van der Waals surface area contributed by atoms with E-state index < -0.39 is 47.1 Å². The summed E-state index contributed by atoms with van der Waals surface area (Å²) in [6.07, 6.45) is -2.61. The fourth-order valence-corrected chi connectivity index (χ4v) is 4.39. The maximum absolute atomic E-state index is 14.5. The minimum atomic E-state index is -5.34. The van der Waals surface area contributed by atoms with Gasteiger partial charge in [0.2, 0.25) is 11.5 Å². The van der Waals surface area contributed by atoms with Crippen LogP contribution in [0.5, 0.6) is 5.75 Å². The van der Waals surface area contributed by atoms with Crippen LogP contribution >= 0.6 is 0 Å². The molecule has 40 heavy (non-hydrogen) atoms. The van der Waals surface area contributed by atoms with E-state index in [1.54, 1.807) is 0 Å². The van der Waals surface area contributed by atoms with E-state index in [0.717, 1.165) is 18.2 Å². The Morgan fingerprint density at radius 2 is 1.85 bits per heavy atom. The van der Waals surface area contributed by atoms with Crippen molar-refractivity contribution in [1.29, 1.82) is 0 Å². The van der Waals surface area contributed by atoms with Gasteiger partial charge in [-0.05, 0) is 49.4 Å². The van der Waals surface area contributed by atoms with Gasteiger partial charge in [-0.3, -0.25) is 9.59 Å². The standard InChI is InChI=1S/C26H22F4N6O4/c1-24(23(32)38)12-40-21-16(24)8-17(34-20(21)13-2-5-15(27)6-3-13)25(39,26(28,29)30)11-33-22(37)14-4-7-19-35-18(31)10-36(19)9-14/h2-10,39H,11-12,31H2,1H3,(H2,32,38)(H,33,37)/t24-,25?/m0/s1. The molecule has 0 spiro atoms. The summed E-state index contributed by atoms with van der Waals surface area (Å²) >= 11 is 0. The van der Waals surface area contributed by atoms with Crippen LogP contribution in [0.1, 0.15) is 28.5 Å². The number of ether oxygens (including phenoxy) is 1. The summed E-state index contributed by atoms with van der Waals surface area (Å²) in [5.74, 6) is -2.27. The zero-order chi connectivity index (χ0) is 29.0. The highest BCUT2D eigenvalue weighted by atomic mass is 19.4. The van der Waals surface area contributed by atoms with Gasteiger partial charge in [-0.1, -0.05) is 0 Å². The van der Waals surface area contributed by atoms with E-state index in [0.29, 0.717) is 5.65 Å². The molecule has 0 saturated carbocycles. The van der Waals surface area contributed by atoms with Crippen molar-refractivity contribution >= 4 is 23.3 Å². The summed E-state index contributed by atoms with van der Waals surface area (Å²) < 4.78 is 64.1. The molecule has 1 aromatic carbocycles. The molecule has 4 heterocycles. The number of carbonyl (C=O) groups is 2. The Morgan fingerprint density at radius 1 is 1.15 bits per heavy atom. The summed E-state index contributed by atoms with van der Waals surface area (Å²) in [5.41, 5.74) is 5.33. The third kappa shape index (κ3) is 4.35. The quantitative estimate of drug-likeness (QED) is 0.265. The number of aliphatic hydroxyl groups is 1. The van der Waals surface area contributed by atoms with E-state index >= 15 is 0 Å². The summed E-state index contributed by atoms with van der Waals surface area (Å²) in [7, 11) is 0. The first-order valence-corrected chi connectivity index (χ1v) is 11.8. The third-order valence-electron chi connectivity index (χ3n) is 6.86. The number of nitrogens with one attached hydrogen (secondary N) is 1. The van der Waals surface area contributed by atoms with E-state index in [2.05, 4.69) is 15.3 Å². The van der Waals surface area contributed by atoms with Gasteiger partial charge in [0.25, 0.3) is 5.91 Å². The van der Waals surface area contributed by atoms with Gasteiger partial charge in [-0.2, -0.15) is 13.2 Å². The second-order valence-electron chi connectivity index (χ2n) is 9.61. The predicted molar refractivity (Wildman–Crippen MR) is 134 cm³/mol. The summed E-state index contributed by atoms with van der Waals surface area (Å²) in [4.78, 5) is 33.2. The number of primary amides is 1. The molecule has 1 unspecified atom stereocenters. The summed E-state index contributed by atoms with van der Waals surface area (Å²) in [6, 6.07) is 8.33. The molecule has 14 heteroatoms. The minimum absolute atomic E-state index is 0.0295. The van der Waals surface area contributed by atoms with E-state index in [4.69, 9.17) is 16.2 Å². The minimum Gasteiger partial charge on any atom is -0.489 e. The molecule has 3 aromatic heterocycles. The van der Waals surface area contributed by atoms with E-state index in [1.165, 1.54) is 48.0 Å². The van der Waals surface area contributed by atoms with Crippen molar-refractivity contribution in [3.63, 3.8) is 0 Å². The molecule has 10 nitrogen and oxygen atoms in total. The highest BCUT2D eigenvalue weighted by Crippen LogP contribution is 2.47. The Bertz CT molecular complexity index is 1660. The SMILES string of the molecule is C[C@]1(C(N)=O)COc2c1cc(C(O)(CNC(=O)c1ccc3nc(N)cn3c1)C(F)(F)F)nc2-c1ccc(F)cc1. The van der Waals surface area contributed by atoms with Gasteiger partial charge in [0.15, 0.2) is 0 Å². The van der Waals surface area contributed by atoms with Crippen molar-refractivity contribution in [3.05, 3.63) is 77.5 Å². The summed E-state index contributed by atoms with van der Waals surface area (Å²) in [6.45, 7) is -0.242. The first kappa shape index (κ1) is 26.9. The number of nitrogens with zero attached hydrogens (tertiary/aromatic N) is 3. The molecule has 0 bridgehead atoms. The van der Waals surface area contributed by atoms with Gasteiger partial charge in [-0.15, -0.1) is 0 Å². The Morgan fingerprint density at radius 3 is 2.50 bits per heavy atom. The van der Waals surface area contributed by atoms with Gasteiger partial charge in [0.1, 0.15) is 40.7 Å². The lowest BCUT2D eigenvalue weighted by Gasteiger charge is -2.31. The number of fused-ring (bicyclic) bond motifs is 2. The fraction of sp³-hybridized carbons (Fsp3) is 0.231. The number of hydrogen-bond acceptors (Lipinski definition) is 7. The van der Waals surface area contributed by atoms with Crippen LogP contribution in [0.4, 0.5) is 23.4 Å². The van der Waals surface area contributed by atoms with Crippen LogP contribution in [-0.4, -0.2) is 50.6 Å². The van der Waals surface area contributed by atoms with Gasteiger partial charge in [-0.25, -0.2) is 14.4 Å². The van der Waals surface area contributed by atoms with Crippen LogP contribution in [0.2, 0.25) is 0 Å². The Balaban J connectivity index is 1.58. The molecule has 0 aliphatic carbocycles. The second kappa shape index (κ2) is 9.19. The molecule has 0 fully saturated rings. The van der Waals surface area contributed by atoms with Gasteiger partial charge >= 0.3 is 6.18 Å². The highest BCUT2D eigenvalue weighted by Gasteiger charge is 2.57. The number of carbonyl (C=O) groups excluding carboxylic acids is 2. The van der Waals surface area contributed by atoms with Crippen molar-refractivity contribution in [1.82, 2.24) is 19.7 Å². The van der Waals surface area contributed by atoms with Gasteiger partial charge in [0.05, 0.1) is 24.0 Å². The van der Waals surface area contributed by atoms with Crippen LogP contribution < -0.4 is 21.5 Å². The van der Waals surface area contributed by atoms with Crippen LogP contribution in [-0.2, 0) is 15.8 Å². The maximum Gasteiger partial charge on any atom is 0.424 e. The molecule has 208 valence electrons. The zero-order valence-corrected chi connectivity index (χ0v) is 20.8. The molecule has 1 aliphatic heterocycles. The Kier molecular flexibility index (Phi) is 6.17. The third-order valence-corrected chi connectivity index (χ3v) is 6.86. The number of pyridine rings is 2. The van der Waals surface area contributed by atoms with E-state index in [9.17, 15) is 32.3 Å². The van der Waals surface area contributed by atoms with E-state index in [-0.39, 0.29) is 40.6 Å². The number of hydrogen-bond donors (Lipinski definition) is 4. The Hall–Kier alpha value is -4.72. The zero-order valence-electron chi connectivity index (χ0n) is 20.8. The Labute approximate surface area is 223 Å². The van der Waals surface area contributed by atoms with Crippen molar-refractivity contribution < 1.29 is 37.0 Å². The largest absolute Gasteiger partial charge is 0.489 e. The van der Waals surface area contributed by atoms with Crippen molar-refractivity contribution in [2.24, 2.45) is 5.73 Å². The lowest BCUT2D eigenvalue weighted by atomic mass is 9.81. The molecule has 2 atom stereocenters. The molecular formula is C26H22F4N6O4.